The third-order valence-electron chi connectivity index (χ3n) is 6.66. The summed E-state index contributed by atoms with van der Waals surface area (Å²) in [6.07, 6.45) is -7.71. The minimum Gasteiger partial charge on any atom is -0.444 e. The van der Waals surface area contributed by atoms with E-state index in [-0.39, 0.29) is 35.2 Å². The van der Waals surface area contributed by atoms with Crippen LogP contribution in [0.15, 0.2) is 36.5 Å². The number of amides is 2. The van der Waals surface area contributed by atoms with Crippen LogP contribution in [0, 0.1) is 0 Å². The standard InChI is InChI=1S/C26H28F3N5O5/c1-25(2,3)39-24(36)33-12-10-17(18(13-33)37-4)34-16-8-6-5-7-14(16)20(32-34)15-9-11-30-22-19(15)21(26(27,28)29)38-23(35)31-22/h5-9,11,17-18,21H,10,12-13H2,1-4H3,(H,30,31,35)/t17-,18+,21+/m0/s1. The summed E-state index contributed by atoms with van der Waals surface area (Å²) < 4.78 is 59.6. The van der Waals surface area contributed by atoms with Crippen molar-refractivity contribution in [3.63, 3.8) is 0 Å². The minimum atomic E-state index is -4.86. The summed E-state index contributed by atoms with van der Waals surface area (Å²) in [5.41, 5.74) is 0.133. The van der Waals surface area contributed by atoms with E-state index in [1.165, 1.54) is 19.4 Å². The van der Waals surface area contributed by atoms with Crippen LogP contribution in [0.25, 0.3) is 22.2 Å². The molecule has 1 fully saturated rings. The summed E-state index contributed by atoms with van der Waals surface area (Å²) in [6, 6.07) is 8.28. The number of alkyl halides is 3. The lowest BCUT2D eigenvalue weighted by atomic mass is 9.97. The smallest absolute Gasteiger partial charge is 0.430 e. The van der Waals surface area contributed by atoms with E-state index in [4.69, 9.17) is 14.6 Å². The largest absolute Gasteiger partial charge is 0.444 e. The lowest BCUT2D eigenvalue weighted by molar-refractivity contribution is -0.206. The molecule has 39 heavy (non-hydrogen) atoms. The van der Waals surface area contributed by atoms with Crippen molar-refractivity contribution >= 4 is 28.9 Å². The number of pyridine rings is 1. The Hall–Kier alpha value is -3.87. The van der Waals surface area contributed by atoms with Gasteiger partial charge < -0.3 is 19.1 Å². The zero-order valence-corrected chi connectivity index (χ0v) is 21.8. The minimum absolute atomic E-state index is 0.137. The van der Waals surface area contributed by atoms with Gasteiger partial charge in [0.15, 0.2) is 0 Å². The van der Waals surface area contributed by atoms with Gasteiger partial charge in [-0.05, 0) is 39.3 Å². The maximum Gasteiger partial charge on any atom is 0.430 e. The van der Waals surface area contributed by atoms with Crippen LogP contribution in [-0.2, 0) is 14.2 Å². The Balaban J connectivity index is 1.57. The highest BCUT2D eigenvalue weighted by molar-refractivity contribution is 5.97. The number of methoxy groups -OCH3 is 1. The first-order valence-corrected chi connectivity index (χ1v) is 12.4. The number of anilines is 1. The molecular weight excluding hydrogens is 519 g/mol. The van der Waals surface area contributed by atoms with Crippen LogP contribution in [0.1, 0.15) is 44.9 Å². The Morgan fingerprint density at radius 3 is 2.62 bits per heavy atom. The van der Waals surface area contributed by atoms with Crippen LogP contribution in [0.2, 0.25) is 0 Å². The van der Waals surface area contributed by atoms with Crippen molar-refractivity contribution in [2.24, 2.45) is 0 Å². The number of carbonyl (C=O) groups is 2. The number of fused-ring (bicyclic) bond motifs is 2. The first-order chi connectivity index (χ1) is 18.4. The van der Waals surface area contributed by atoms with Gasteiger partial charge in [0.2, 0.25) is 6.10 Å². The van der Waals surface area contributed by atoms with Crippen LogP contribution in [0.3, 0.4) is 0 Å². The Morgan fingerprint density at radius 1 is 1.18 bits per heavy atom. The van der Waals surface area contributed by atoms with E-state index in [0.29, 0.717) is 23.9 Å². The average molecular weight is 548 g/mol. The molecular formula is C26H28F3N5O5. The number of benzene rings is 1. The predicted molar refractivity (Wildman–Crippen MR) is 134 cm³/mol. The normalized spacial score (nSPS) is 21.8. The molecule has 208 valence electrons. The third kappa shape index (κ3) is 5.10. The van der Waals surface area contributed by atoms with Crippen LogP contribution >= 0.6 is 0 Å². The van der Waals surface area contributed by atoms with E-state index < -0.39 is 36.2 Å². The van der Waals surface area contributed by atoms with Gasteiger partial charge in [-0.15, -0.1) is 0 Å². The fourth-order valence-electron chi connectivity index (χ4n) is 5.02. The fourth-order valence-corrected chi connectivity index (χ4v) is 5.02. The maximum atomic E-state index is 14.0. The number of nitrogens with zero attached hydrogens (tertiary/aromatic N) is 4. The van der Waals surface area contributed by atoms with Gasteiger partial charge in [-0.25, -0.2) is 14.6 Å². The summed E-state index contributed by atoms with van der Waals surface area (Å²) in [7, 11) is 1.54. The molecule has 13 heteroatoms. The van der Waals surface area contributed by atoms with Crippen molar-refractivity contribution in [3.05, 3.63) is 42.1 Å². The van der Waals surface area contributed by atoms with Gasteiger partial charge in [0.1, 0.15) is 17.1 Å². The van der Waals surface area contributed by atoms with Crippen molar-refractivity contribution in [3.8, 4) is 11.3 Å². The number of nitrogens with one attached hydrogen (secondary N) is 1. The van der Waals surface area contributed by atoms with Crippen molar-refractivity contribution < 1.29 is 37.0 Å². The number of cyclic esters (lactones) is 1. The number of hydrogen-bond donors (Lipinski definition) is 1. The molecule has 0 radical (unpaired) electrons. The Labute approximate surface area is 222 Å². The van der Waals surface area contributed by atoms with Gasteiger partial charge in [0.25, 0.3) is 0 Å². The molecule has 0 spiro atoms. The van der Waals surface area contributed by atoms with Gasteiger partial charge in [0, 0.05) is 30.8 Å². The van der Waals surface area contributed by atoms with Gasteiger partial charge in [0.05, 0.1) is 29.8 Å². The third-order valence-corrected chi connectivity index (χ3v) is 6.66. The van der Waals surface area contributed by atoms with Crippen LogP contribution in [-0.4, -0.2) is 69.9 Å². The molecule has 2 aliphatic heterocycles. The van der Waals surface area contributed by atoms with Gasteiger partial charge in [-0.2, -0.15) is 18.3 Å². The zero-order chi connectivity index (χ0) is 28.1. The number of para-hydroxylation sites is 1. The molecule has 0 unspecified atom stereocenters. The number of rotatable bonds is 3. The van der Waals surface area contributed by atoms with Crippen LogP contribution in [0.4, 0.5) is 28.6 Å². The molecule has 3 aromatic rings. The highest BCUT2D eigenvalue weighted by atomic mass is 19.4. The van der Waals surface area contributed by atoms with Crippen molar-refractivity contribution in [2.45, 2.75) is 57.2 Å². The van der Waals surface area contributed by atoms with E-state index in [9.17, 15) is 22.8 Å². The molecule has 0 aliphatic carbocycles. The second kappa shape index (κ2) is 9.70. The Kier molecular flexibility index (Phi) is 6.65. The summed E-state index contributed by atoms with van der Waals surface area (Å²) >= 11 is 0. The Bertz CT molecular complexity index is 1420. The van der Waals surface area contributed by atoms with Gasteiger partial charge >= 0.3 is 18.4 Å². The molecule has 1 N–H and O–H groups in total. The number of piperidine rings is 1. The van der Waals surface area contributed by atoms with Crippen LogP contribution in [0.5, 0.6) is 0 Å². The molecule has 4 heterocycles. The molecule has 1 saturated heterocycles. The fraction of sp³-hybridized carbons (Fsp3) is 0.462. The lowest BCUT2D eigenvalue weighted by Crippen LogP contribution is -2.49. The average Bonchev–Trinajstić information content (AvgIpc) is 3.25. The number of halogens is 3. The second-order valence-electron chi connectivity index (χ2n) is 10.4. The van der Waals surface area contributed by atoms with E-state index in [2.05, 4.69) is 15.0 Å². The van der Waals surface area contributed by atoms with Crippen molar-refractivity contribution in [1.82, 2.24) is 19.7 Å². The molecule has 0 bridgehead atoms. The SMILES string of the molecule is CO[C@@H]1CN(C(=O)OC(C)(C)C)CC[C@@H]1n1nc(-c2ccnc3c2[C@H](C(F)(F)F)OC(=O)N3)c2ccccc21. The van der Waals surface area contributed by atoms with Crippen LogP contribution < -0.4 is 5.32 Å². The monoisotopic (exact) mass is 547 g/mol. The van der Waals surface area contributed by atoms with Gasteiger partial charge in [-0.3, -0.25) is 10.00 Å². The maximum absolute atomic E-state index is 14.0. The molecule has 0 saturated carbocycles. The summed E-state index contributed by atoms with van der Waals surface area (Å²) in [5.74, 6) is -0.231. The number of ether oxygens (including phenoxy) is 3. The molecule has 1 aromatic carbocycles. The molecule has 5 rings (SSSR count). The lowest BCUT2D eigenvalue weighted by Gasteiger charge is -2.38. The number of likely N-dealkylation sites (tertiary alicyclic amines) is 1. The molecule has 2 aromatic heterocycles. The summed E-state index contributed by atoms with van der Waals surface area (Å²) in [5, 5.41) is 7.66. The van der Waals surface area contributed by atoms with E-state index in [1.54, 1.807) is 42.5 Å². The van der Waals surface area contributed by atoms with E-state index in [0.717, 1.165) is 0 Å². The van der Waals surface area contributed by atoms with Crippen molar-refractivity contribution in [1.29, 1.82) is 0 Å². The molecule has 2 amide bonds. The highest BCUT2D eigenvalue weighted by Gasteiger charge is 2.49. The van der Waals surface area contributed by atoms with E-state index >= 15 is 0 Å². The Morgan fingerprint density at radius 2 is 1.92 bits per heavy atom. The second-order valence-corrected chi connectivity index (χ2v) is 10.4. The topological polar surface area (TPSA) is 108 Å². The first-order valence-electron chi connectivity index (χ1n) is 12.4. The number of carbonyl (C=O) groups excluding carboxylic acids is 2. The summed E-state index contributed by atoms with van der Waals surface area (Å²) in [6.45, 7) is 6.01. The highest BCUT2D eigenvalue weighted by Crippen LogP contribution is 2.46. The molecule has 2 aliphatic rings. The zero-order valence-electron chi connectivity index (χ0n) is 21.8. The predicted octanol–water partition coefficient (Wildman–Crippen LogP) is 5.46. The van der Waals surface area contributed by atoms with Gasteiger partial charge in [-0.1, -0.05) is 18.2 Å². The number of hydrogen-bond acceptors (Lipinski definition) is 7. The molecule has 3 atom stereocenters. The number of aromatic nitrogens is 3. The van der Waals surface area contributed by atoms with Crippen molar-refractivity contribution in [2.75, 3.05) is 25.5 Å². The summed E-state index contributed by atoms with van der Waals surface area (Å²) in [4.78, 5) is 30.0. The quantitative estimate of drug-likeness (QED) is 0.464. The first kappa shape index (κ1) is 26.7. The molecule has 10 nitrogen and oxygen atoms in total. The van der Waals surface area contributed by atoms with E-state index in [1.807, 2.05) is 12.1 Å².